The number of fused-ring (bicyclic) bond motifs is 4. The van der Waals surface area contributed by atoms with Gasteiger partial charge in [-0.2, -0.15) is 0 Å². The number of nitrogens with zero attached hydrogens (tertiary/aromatic N) is 1. The number of aromatic amines is 1. The molecule has 0 amide bonds. The van der Waals surface area contributed by atoms with Gasteiger partial charge < -0.3 is 4.98 Å². The van der Waals surface area contributed by atoms with E-state index in [0.717, 1.165) is 27.1 Å². The highest BCUT2D eigenvalue weighted by Crippen LogP contribution is 2.31. The van der Waals surface area contributed by atoms with E-state index in [9.17, 15) is 0 Å². The summed E-state index contributed by atoms with van der Waals surface area (Å²) in [6.45, 7) is 7.10. The fourth-order valence-corrected chi connectivity index (χ4v) is 5.67. The number of nitrogens with one attached hydrogen (secondary N) is 1. The van der Waals surface area contributed by atoms with Crippen LogP contribution in [-0.4, -0.2) is 18.0 Å². The first-order valence-electron chi connectivity index (χ1n) is 7.46. The van der Waals surface area contributed by atoms with Crippen LogP contribution in [0.1, 0.15) is 0 Å². The second-order valence-corrected chi connectivity index (χ2v) is 12.2. The SMILES string of the molecule is C[Si](C)(C)c1c2c(Cl)cccc2nc2[nH]c3ccccc3c12. The monoisotopic (exact) mass is 324 g/mol. The quantitative estimate of drug-likeness (QED) is 0.487. The van der Waals surface area contributed by atoms with E-state index in [4.69, 9.17) is 16.6 Å². The van der Waals surface area contributed by atoms with Gasteiger partial charge >= 0.3 is 0 Å². The lowest BCUT2D eigenvalue weighted by Gasteiger charge is -2.21. The second kappa shape index (κ2) is 4.57. The minimum atomic E-state index is -1.62. The number of benzene rings is 2. The number of H-pyrrole nitrogens is 1. The Hall–Kier alpha value is -1.84. The molecule has 0 fully saturated rings. The zero-order valence-electron chi connectivity index (χ0n) is 12.9. The van der Waals surface area contributed by atoms with Gasteiger partial charge in [-0.1, -0.05) is 55.5 Å². The van der Waals surface area contributed by atoms with Crippen molar-refractivity contribution in [2.24, 2.45) is 0 Å². The minimum absolute atomic E-state index is 0.801. The molecule has 0 aliphatic heterocycles. The maximum absolute atomic E-state index is 6.56. The summed E-state index contributed by atoms with van der Waals surface area (Å²) >= 11 is 6.56. The summed E-state index contributed by atoms with van der Waals surface area (Å²) in [5.41, 5.74) is 3.08. The van der Waals surface area contributed by atoms with Crippen LogP contribution in [-0.2, 0) is 0 Å². The van der Waals surface area contributed by atoms with Gasteiger partial charge in [0.05, 0.1) is 13.6 Å². The molecule has 2 aromatic carbocycles. The van der Waals surface area contributed by atoms with Crippen LogP contribution in [0.2, 0.25) is 24.7 Å². The van der Waals surface area contributed by atoms with E-state index < -0.39 is 8.07 Å². The van der Waals surface area contributed by atoms with Crippen LogP contribution in [0.4, 0.5) is 0 Å². The molecule has 4 aromatic rings. The summed E-state index contributed by atoms with van der Waals surface area (Å²) in [6.07, 6.45) is 0. The van der Waals surface area contributed by atoms with Crippen LogP contribution in [0.5, 0.6) is 0 Å². The summed E-state index contributed by atoms with van der Waals surface area (Å²) in [5, 5.41) is 5.81. The molecule has 0 bridgehead atoms. The van der Waals surface area contributed by atoms with Gasteiger partial charge in [-0.15, -0.1) is 0 Å². The Balaban J connectivity index is 2.37. The summed E-state index contributed by atoms with van der Waals surface area (Å²) < 4.78 is 0. The third-order valence-electron chi connectivity index (χ3n) is 4.16. The average molecular weight is 325 g/mol. The van der Waals surface area contributed by atoms with E-state index in [1.165, 1.54) is 16.0 Å². The van der Waals surface area contributed by atoms with E-state index in [1.807, 2.05) is 12.1 Å². The largest absolute Gasteiger partial charge is 0.339 e. The van der Waals surface area contributed by atoms with Crippen molar-refractivity contribution < 1.29 is 0 Å². The van der Waals surface area contributed by atoms with Crippen LogP contribution in [0.25, 0.3) is 32.8 Å². The van der Waals surface area contributed by atoms with E-state index >= 15 is 0 Å². The molecule has 4 heteroatoms. The fraction of sp³-hybridized carbons (Fsp3) is 0.167. The van der Waals surface area contributed by atoms with Gasteiger partial charge in [0.25, 0.3) is 0 Å². The summed E-state index contributed by atoms with van der Waals surface area (Å²) in [4.78, 5) is 8.30. The standard InChI is InChI=1S/C18H17ClN2Si/c1-22(2,3)17-15-11-7-4-5-9-13(11)20-18(15)21-14-10-6-8-12(19)16(14)17/h4-10H,1-3H3,(H,20,21). The Morgan fingerprint density at radius 3 is 2.50 bits per heavy atom. The van der Waals surface area contributed by atoms with E-state index in [-0.39, 0.29) is 0 Å². The van der Waals surface area contributed by atoms with Crippen LogP contribution in [0.15, 0.2) is 42.5 Å². The van der Waals surface area contributed by atoms with Gasteiger partial charge in [0.1, 0.15) is 5.65 Å². The molecule has 110 valence electrons. The van der Waals surface area contributed by atoms with Crippen molar-refractivity contribution in [3.05, 3.63) is 47.5 Å². The number of halogens is 1. The van der Waals surface area contributed by atoms with Gasteiger partial charge in [-0.3, -0.25) is 0 Å². The average Bonchev–Trinajstić information content (AvgIpc) is 2.82. The van der Waals surface area contributed by atoms with Crippen molar-refractivity contribution in [2.75, 3.05) is 0 Å². The van der Waals surface area contributed by atoms with E-state index in [1.54, 1.807) is 0 Å². The number of pyridine rings is 1. The van der Waals surface area contributed by atoms with Crippen LogP contribution in [0, 0.1) is 0 Å². The molecular formula is C18H17ClN2Si. The molecule has 4 rings (SSSR count). The maximum atomic E-state index is 6.56. The Morgan fingerprint density at radius 2 is 1.73 bits per heavy atom. The van der Waals surface area contributed by atoms with Gasteiger partial charge in [-0.25, -0.2) is 4.98 Å². The van der Waals surface area contributed by atoms with Crippen LogP contribution >= 0.6 is 11.6 Å². The van der Waals surface area contributed by atoms with Gasteiger partial charge in [0, 0.05) is 26.7 Å². The molecule has 0 saturated heterocycles. The molecule has 0 aliphatic rings. The zero-order valence-corrected chi connectivity index (χ0v) is 14.6. The molecule has 0 spiro atoms. The smallest absolute Gasteiger partial charge is 0.138 e. The number of hydrogen-bond donors (Lipinski definition) is 1. The van der Waals surface area contributed by atoms with Crippen LogP contribution < -0.4 is 5.19 Å². The van der Waals surface area contributed by atoms with Crippen molar-refractivity contribution in [1.82, 2.24) is 9.97 Å². The fourth-order valence-electron chi connectivity index (χ4n) is 3.31. The van der Waals surface area contributed by atoms with Crippen molar-refractivity contribution in [3.8, 4) is 0 Å². The predicted octanol–water partition coefficient (Wildman–Crippen LogP) is 5.07. The summed E-state index contributed by atoms with van der Waals surface area (Å²) in [6, 6.07) is 14.4. The van der Waals surface area contributed by atoms with Crippen molar-refractivity contribution in [1.29, 1.82) is 0 Å². The number of aromatic nitrogens is 2. The lowest BCUT2D eigenvalue weighted by molar-refractivity contribution is 1.41. The number of para-hydroxylation sites is 1. The number of rotatable bonds is 1. The molecule has 1 N–H and O–H groups in total. The van der Waals surface area contributed by atoms with Gasteiger partial charge in [0.2, 0.25) is 0 Å². The first kappa shape index (κ1) is 13.8. The van der Waals surface area contributed by atoms with Crippen molar-refractivity contribution in [2.45, 2.75) is 19.6 Å². The molecule has 0 saturated carbocycles. The molecular weight excluding hydrogens is 308 g/mol. The topological polar surface area (TPSA) is 28.7 Å². The summed E-state index contributed by atoms with van der Waals surface area (Å²) in [5.74, 6) is 0. The van der Waals surface area contributed by atoms with Crippen LogP contribution in [0.3, 0.4) is 0 Å². The van der Waals surface area contributed by atoms with E-state index in [2.05, 4.69) is 55.0 Å². The van der Waals surface area contributed by atoms with Gasteiger partial charge in [-0.05, 0) is 23.4 Å². The maximum Gasteiger partial charge on any atom is 0.138 e. The first-order chi connectivity index (χ1) is 10.5. The first-order valence-corrected chi connectivity index (χ1v) is 11.3. The molecule has 2 heterocycles. The molecule has 0 aliphatic carbocycles. The normalized spacial score (nSPS) is 12.5. The molecule has 0 atom stereocenters. The predicted molar refractivity (Wildman–Crippen MR) is 99.1 cm³/mol. The molecule has 0 radical (unpaired) electrons. The van der Waals surface area contributed by atoms with Gasteiger partial charge in [0.15, 0.2) is 0 Å². The Bertz CT molecular complexity index is 1030. The Morgan fingerprint density at radius 1 is 0.955 bits per heavy atom. The van der Waals surface area contributed by atoms with Crippen molar-refractivity contribution >= 4 is 57.7 Å². The summed E-state index contributed by atoms with van der Waals surface area (Å²) in [7, 11) is -1.62. The minimum Gasteiger partial charge on any atom is -0.339 e. The second-order valence-electron chi connectivity index (χ2n) is 6.76. The highest BCUT2D eigenvalue weighted by atomic mass is 35.5. The molecule has 22 heavy (non-hydrogen) atoms. The van der Waals surface area contributed by atoms with E-state index in [0.29, 0.717) is 0 Å². The van der Waals surface area contributed by atoms with Crippen molar-refractivity contribution in [3.63, 3.8) is 0 Å². The molecule has 0 unspecified atom stereocenters. The number of hydrogen-bond acceptors (Lipinski definition) is 1. The molecule has 2 nitrogen and oxygen atoms in total. The lowest BCUT2D eigenvalue weighted by atomic mass is 10.1. The third-order valence-corrected chi connectivity index (χ3v) is 6.48. The lowest BCUT2D eigenvalue weighted by Crippen LogP contribution is -2.39. The highest BCUT2D eigenvalue weighted by Gasteiger charge is 2.26. The third kappa shape index (κ3) is 1.89. The molecule has 2 aromatic heterocycles. The highest BCUT2D eigenvalue weighted by molar-refractivity contribution is 6.92. The Labute approximate surface area is 135 Å². The Kier molecular flexibility index (Phi) is 2.87. The zero-order chi connectivity index (χ0) is 15.5.